The van der Waals surface area contributed by atoms with E-state index in [4.69, 9.17) is 0 Å². The molecule has 0 spiro atoms. The molecule has 0 aromatic carbocycles. The molecule has 0 fully saturated rings. The van der Waals surface area contributed by atoms with E-state index in [1.165, 1.54) is 0 Å². The van der Waals surface area contributed by atoms with Crippen LogP contribution in [0.3, 0.4) is 0 Å². The molecule has 0 aromatic heterocycles. The van der Waals surface area contributed by atoms with E-state index in [1.807, 2.05) is 37.1 Å². The maximum absolute atomic E-state index is 2.92. The third-order valence-electron chi connectivity index (χ3n) is 0.718. The Morgan fingerprint density at radius 2 is 2.29 bits per heavy atom. The van der Waals surface area contributed by atoms with Gasteiger partial charge < -0.3 is 0 Å². The minimum atomic E-state index is 1.88. The van der Waals surface area contributed by atoms with Crippen LogP contribution in [0.15, 0.2) is 29.9 Å². The second-order valence-electron chi connectivity index (χ2n) is 1.27. The average molecular weight is 87.9 g/mol. The van der Waals surface area contributed by atoms with Crippen LogP contribution in [0.5, 0.6) is 0 Å². The molecule has 0 saturated heterocycles. The molecule has 1 rings (SSSR count). The van der Waals surface area contributed by atoms with Crippen molar-refractivity contribution < 1.29 is 0 Å². The molecule has 1 aliphatic heterocycles. The Kier molecular flexibility index (Phi) is 1.48. The fourth-order valence-electron chi connectivity index (χ4n) is 0.406. The van der Waals surface area contributed by atoms with Crippen LogP contribution in [-0.2, 0) is 0 Å². The van der Waals surface area contributed by atoms with Gasteiger partial charge in [0.05, 0.1) is 0 Å². The Bertz CT molecular complexity index is 141. The zero-order chi connectivity index (χ0) is 4.95. The van der Waals surface area contributed by atoms with Gasteiger partial charge in [-0.2, -0.15) is 0 Å². The molecule has 1 heteroatoms. The van der Waals surface area contributed by atoms with Gasteiger partial charge >= 0.3 is 42.8 Å². The zero-order valence-corrected chi connectivity index (χ0v) is 3.96. The number of rotatable bonds is 0. The van der Waals surface area contributed by atoms with Crippen LogP contribution in [0.25, 0.3) is 0 Å². The molecule has 0 nitrogen and oxygen atoms in total. The first-order valence-corrected chi connectivity index (χ1v) is 2.24. The molecule has 7 heavy (non-hydrogen) atoms. The molecule has 0 unspecified atom stereocenters. The van der Waals surface area contributed by atoms with Gasteiger partial charge in [-0.3, -0.25) is 0 Å². The first kappa shape index (κ1) is 4.36. The van der Waals surface area contributed by atoms with E-state index in [0.717, 1.165) is 0 Å². The van der Waals surface area contributed by atoms with Gasteiger partial charge in [-0.15, -0.1) is 0 Å². The molecule has 0 N–H and O–H groups in total. The molecule has 0 saturated carbocycles. The van der Waals surface area contributed by atoms with Crippen molar-refractivity contribution in [2.24, 2.45) is 0 Å². The summed E-state index contributed by atoms with van der Waals surface area (Å²) in [4.78, 5) is 0. The van der Waals surface area contributed by atoms with Crippen LogP contribution in [0.1, 0.15) is 0 Å². The van der Waals surface area contributed by atoms with Gasteiger partial charge in [0, 0.05) is 0 Å². The maximum atomic E-state index is 2.92. The van der Waals surface area contributed by atoms with Crippen LogP contribution in [0, 0.1) is 0 Å². The molecular formula is C6H5B. The van der Waals surface area contributed by atoms with Crippen LogP contribution in [0.2, 0.25) is 0 Å². The number of hydrogen-bond acceptors (Lipinski definition) is 0. The molecule has 0 bridgehead atoms. The van der Waals surface area contributed by atoms with Crippen molar-refractivity contribution >= 4 is 12.9 Å². The summed E-state index contributed by atoms with van der Waals surface area (Å²) in [6.45, 7) is 1.94. The van der Waals surface area contributed by atoms with Crippen molar-refractivity contribution in [1.29, 1.82) is 0 Å². The molecule has 32 valence electrons. The van der Waals surface area contributed by atoms with Gasteiger partial charge in [0.25, 0.3) is 0 Å². The van der Waals surface area contributed by atoms with E-state index in [0.29, 0.717) is 0 Å². The molecule has 0 aromatic rings. The number of allylic oxidation sites excluding steroid dienone is 3. The van der Waals surface area contributed by atoms with E-state index < -0.39 is 0 Å². The second-order valence-corrected chi connectivity index (χ2v) is 1.27. The van der Waals surface area contributed by atoms with E-state index in [1.54, 1.807) is 0 Å². The van der Waals surface area contributed by atoms with Crippen LogP contribution in [-0.4, -0.2) is 12.9 Å². The van der Waals surface area contributed by atoms with E-state index in [2.05, 4.69) is 5.73 Å². The van der Waals surface area contributed by atoms with Crippen molar-refractivity contribution in [2.45, 2.75) is 0 Å². The predicted molar refractivity (Wildman–Crippen MR) is 33.6 cm³/mol. The molecular weight excluding hydrogens is 82.9 g/mol. The summed E-state index contributed by atoms with van der Waals surface area (Å²) >= 11 is 0. The van der Waals surface area contributed by atoms with Gasteiger partial charge in [-0.25, -0.2) is 0 Å². The van der Waals surface area contributed by atoms with Gasteiger partial charge in [0.2, 0.25) is 0 Å². The van der Waals surface area contributed by atoms with Gasteiger partial charge in [0.15, 0.2) is 0 Å². The van der Waals surface area contributed by atoms with E-state index in [9.17, 15) is 0 Å². The van der Waals surface area contributed by atoms with Crippen LogP contribution >= 0.6 is 0 Å². The summed E-state index contributed by atoms with van der Waals surface area (Å²) in [6, 6.07) is 0. The molecule has 0 amide bonds. The predicted octanol–water partition coefficient (Wildman–Crippen LogP) is 0.731. The minimum absolute atomic E-state index is 1.88. The van der Waals surface area contributed by atoms with Gasteiger partial charge in [-0.05, 0) is 0 Å². The molecule has 0 aliphatic carbocycles. The normalized spacial score (nSPS) is 13.7. The Balaban J connectivity index is 2.86. The summed E-state index contributed by atoms with van der Waals surface area (Å²) in [7, 11) is 0. The fraction of sp³-hybridized carbons (Fsp3) is 0. The zero-order valence-electron chi connectivity index (χ0n) is 3.96. The van der Waals surface area contributed by atoms with Crippen LogP contribution in [0.4, 0.5) is 0 Å². The first-order chi connectivity index (χ1) is 3.50. The summed E-state index contributed by atoms with van der Waals surface area (Å²) in [5.41, 5.74) is 2.92. The Hall–Kier alpha value is -0.805. The Labute approximate surface area is 43.8 Å². The van der Waals surface area contributed by atoms with Crippen molar-refractivity contribution in [3.05, 3.63) is 29.9 Å². The third kappa shape index (κ3) is 1.38. The monoisotopic (exact) mass is 88.0 g/mol. The molecule has 1 heterocycles. The first-order valence-electron chi connectivity index (χ1n) is 2.24. The SMILES string of the molecule is B1=CC=CC=C=C1. The Morgan fingerprint density at radius 3 is 3.29 bits per heavy atom. The standard InChI is InChI=1S/C6H5B/c1-2-4-6-7-5-3-1/h1-3,5-6H. The van der Waals surface area contributed by atoms with Crippen molar-refractivity contribution in [3.63, 3.8) is 0 Å². The Morgan fingerprint density at radius 1 is 1.29 bits per heavy atom. The molecule has 1 aliphatic rings. The second kappa shape index (κ2) is 2.38. The van der Waals surface area contributed by atoms with E-state index in [-0.39, 0.29) is 0 Å². The van der Waals surface area contributed by atoms with Crippen LogP contribution < -0.4 is 0 Å². The quantitative estimate of drug-likeness (QED) is 0.302. The van der Waals surface area contributed by atoms with E-state index >= 15 is 0 Å². The number of hydrogen-bond donors (Lipinski definition) is 0. The summed E-state index contributed by atoms with van der Waals surface area (Å²) < 4.78 is 0. The molecule has 0 radical (unpaired) electrons. The summed E-state index contributed by atoms with van der Waals surface area (Å²) in [6.07, 6.45) is 5.79. The third-order valence-corrected chi connectivity index (χ3v) is 0.718. The van der Waals surface area contributed by atoms with Crippen molar-refractivity contribution in [1.82, 2.24) is 0 Å². The van der Waals surface area contributed by atoms with Gasteiger partial charge in [0.1, 0.15) is 0 Å². The van der Waals surface area contributed by atoms with Gasteiger partial charge in [-0.1, -0.05) is 0 Å². The fourth-order valence-corrected chi connectivity index (χ4v) is 0.406. The van der Waals surface area contributed by atoms with Crippen molar-refractivity contribution in [2.75, 3.05) is 0 Å². The topological polar surface area (TPSA) is 0 Å². The molecule has 0 atom stereocenters. The summed E-state index contributed by atoms with van der Waals surface area (Å²) in [5.74, 6) is 3.84. The summed E-state index contributed by atoms with van der Waals surface area (Å²) in [5, 5.41) is 0. The average Bonchev–Trinajstić information content (AvgIpc) is 1.90. The van der Waals surface area contributed by atoms with Crippen molar-refractivity contribution in [3.8, 4) is 0 Å².